The Morgan fingerprint density at radius 3 is 0.901 bits per heavy atom. The van der Waals surface area contributed by atoms with Crippen LogP contribution in [0.25, 0.3) is 0 Å². The van der Waals surface area contributed by atoms with Gasteiger partial charge in [-0.15, -0.1) is 0 Å². The van der Waals surface area contributed by atoms with Gasteiger partial charge in [-0.1, -0.05) is 259 Å². The van der Waals surface area contributed by atoms with Crippen LogP contribution in [0, 0.1) is 0 Å². The highest BCUT2D eigenvalue weighted by Gasteiger charge is 2.19. The van der Waals surface area contributed by atoms with Crippen LogP contribution in [0.4, 0.5) is 0 Å². The number of hydrogen-bond acceptors (Lipinski definition) is 6. The summed E-state index contributed by atoms with van der Waals surface area (Å²) in [5.41, 5.74) is 0. The van der Waals surface area contributed by atoms with Crippen molar-refractivity contribution in [3.05, 3.63) is 109 Å². The predicted molar refractivity (Wildman–Crippen MR) is 307 cm³/mol. The van der Waals surface area contributed by atoms with Crippen LogP contribution < -0.4 is 0 Å². The zero-order valence-corrected chi connectivity index (χ0v) is 46.2. The minimum absolute atomic E-state index is 0.102. The Kier molecular flexibility index (Phi) is 55.4. The molecule has 0 aromatic carbocycles. The molecule has 6 nitrogen and oxygen atoms in total. The molecule has 0 N–H and O–H groups in total. The summed E-state index contributed by atoms with van der Waals surface area (Å²) < 4.78 is 16.8. The Morgan fingerprint density at radius 1 is 0.296 bits per heavy atom. The van der Waals surface area contributed by atoms with E-state index in [-0.39, 0.29) is 37.5 Å². The first kappa shape index (κ1) is 67.1. The summed E-state index contributed by atoms with van der Waals surface area (Å²) in [5, 5.41) is 0. The minimum atomic E-state index is -0.812. The molecular formula is C65H108O6. The molecule has 404 valence electrons. The summed E-state index contributed by atoms with van der Waals surface area (Å²) in [5.74, 6) is -0.965. The number of esters is 3. The summed E-state index contributed by atoms with van der Waals surface area (Å²) in [6.45, 7) is 6.37. The molecule has 1 unspecified atom stereocenters. The number of allylic oxidation sites excluding steroid dienone is 18. The van der Waals surface area contributed by atoms with E-state index < -0.39 is 6.10 Å². The van der Waals surface area contributed by atoms with Gasteiger partial charge >= 0.3 is 17.9 Å². The van der Waals surface area contributed by atoms with Gasteiger partial charge in [0.25, 0.3) is 0 Å². The van der Waals surface area contributed by atoms with E-state index in [0.717, 1.165) is 109 Å². The van der Waals surface area contributed by atoms with Crippen molar-refractivity contribution in [2.24, 2.45) is 0 Å². The normalized spacial score (nSPS) is 12.9. The fraction of sp³-hybridized carbons (Fsp3) is 0.677. The first-order valence-corrected chi connectivity index (χ1v) is 29.4. The van der Waals surface area contributed by atoms with Crippen LogP contribution in [0.5, 0.6) is 0 Å². The molecule has 0 amide bonds. The lowest BCUT2D eigenvalue weighted by Crippen LogP contribution is -2.30. The third-order valence-electron chi connectivity index (χ3n) is 12.3. The molecular weight excluding hydrogens is 877 g/mol. The molecule has 0 fully saturated rings. The molecule has 0 rings (SSSR count). The topological polar surface area (TPSA) is 78.9 Å². The van der Waals surface area contributed by atoms with Gasteiger partial charge in [-0.3, -0.25) is 14.4 Å². The van der Waals surface area contributed by atoms with Crippen LogP contribution in [-0.4, -0.2) is 37.2 Å². The number of ether oxygens (including phenoxy) is 3. The zero-order chi connectivity index (χ0) is 51.4. The average molecular weight is 986 g/mol. The van der Waals surface area contributed by atoms with Crippen molar-refractivity contribution in [1.82, 2.24) is 0 Å². The maximum Gasteiger partial charge on any atom is 0.306 e. The van der Waals surface area contributed by atoms with Crippen LogP contribution in [0.15, 0.2) is 109 Å². The molecule has 0 aromatic heterocycles. The molecule has 0 bridgehead atoms. The number of carbonyl (C=O) groups excluding carboxylic acids is 3. The van der Waals surface area contributed by atoms with Gasteiger partial charge in [-0.2, -0.15) is 0 Å². The van der Waals surface area contributed by atoms with Crippen molar-refractivity contribution in [3.8, 4) is 0 Å². The van der Waals surface area contributed by atoms with E-state index in [0.29, 0.717) is 19.3 Å². The van der Waals surface area contributed by atoms with Crippen LogP contribution in [0.2, 0.25) is 0 Å². The lowest BCUT2D eigenvalue weighted by atomic mass is 10.0. The molecule has 0 aromatic rings. The van der Waals surface area contributed by atoms with E-state index in [2.05, 4.69) is 130 Å². The first-order valence-electron chi connectivity index (χ1n) is 29.4. The first-order chi connectivity index (χ1) is 35.0. The Hall–Kier alpha value is -3.93. The van der Waals surface area contributed by atoms with Crippen LogP contribution in [0.1, 0.15) is 265 Å². The molecule has 0 saturated heterocycles. The third kappa shape index (κ3) is 56.9. The lowest BCUT2D eigenvalue weighted by Gasteiger charge is -2.18. The summed E-state index contributed by atoms with van der Waals surface area (Å²) in [6, 6.07) is 0. The molecule has 6 heteroatoms. The number of hydrogen-bond donors (Lipinski definition) is 0. The van der Waals surface area contributed by atoms with Crippen LogP contribution in [-0.2, 0) is 28.6 Å². The van der Waals surface area contributed by atoms with Crippen LogP contribution >= 0.6 is 0 Å². The average Bonchev–Trinajstić information content (AvgIpc) is 3.37. The molecule has 0 spiro atoms. The Bertz CT molecular complexity index is 1460. The van der Waals surface area contributed by atoms with Gasteiger partial charge in [0.2, 0.25) is 0 Å². The fourth-order valence-electron chi connectivity index (χ4n) is 7.94. The number of unbranched alkanes of at least 4 members (excludes halogenated alkanes) is 23. The molecule has 71 heavy (non-hydrogen) atoms. The SMILES string of the molecule is CC/C=C\C/C=C\C/C=C\C/C=C\C/C=C\CCCC(=O)OC(COC(=O)CCCCCCCCCC/C=C\C/C=C\C/C=C\C/C=C\CC)COC(=O)CCCCCCCCCCCCCCCCC. The second kappa shape index (κ2) is 58.6. The highest BCUT2D eigenvalue weighted by atomic mass is 16.6. The second-order valence-electron chi connectivity index (χ2n) is 19.1. The smallest absolute Gasteiger partial charge is 0.306 e. The maximum absolute atomic E-state index is 12.8. The Balaban J connectivity index is 4.46. The fourth-order valence-corrected chi connectivity index (χ4v) is 7.94. The predicted octanol–water partition coefficient (Wildman–Crippen LogP) is 19.9. The van der Waals surface area contributed by atoms with Gasteiger partial charge in [0, 0.05) is 19.3 Å². The van der Waals surface area contributed by atoms with Crippen molar-refractivity contribution < 1.29 is 28.6 Å². The van der Waals surface area contributed by atoms with E-state index in [9.17, 15) is 14.4 Å². The standard InChI is InChI=1S/C65H108O6/c1-4-7-10-13-16-19-22-25-28-30-31-32-33-35-37-40-43-46-49-52-55-58-64(67)70-61-62(60-69-63(66)57-54-51-48-45-42-39-36-27-24-21-18-15-12-9-6-3)71-65(68)59-56-53-50-47-44-41-38-34-29-26-23-20-17-14-11-8-5-2/h7-8,10-11,16-17,19-20,25-26,28-29,31-32,38,41,47,50,62H,4-6,9,12-15,18,21-24,27,30,33-37,39-40,42-46,48-49,51-61H2,1-3H3/b10-7-,11-8-,19-16-,20-17-,28-25-,29-26-,32-31-,41-38-,50-47-. The van der Waals surface area contributed by atoms with Crippen LogP contribution in [0.3, 0.4) is 0 Å². The van der Waals surface area contributed by atoms with Crippen molar-refractivity contribution in [2.45, 2.75) is 271 Å². The van der Waals surface area contributed by atoms with E-state index in [4.69, 9.17) is 14.2 Å². The third-order valence-corrected chi connectivity index (χ3v) is 12.3. The van der Waals surface area contributed by atoms with E-state index >= 15 is 0 Å². The second-order valence-corrected chi connectivity index (χ2v) is 19.1. The van der Waals surface area contributed by atoms with Gasteiger partial charge in [-0.25, -0.2) is 0 Å². The van der Waals surface area contributed by atoms with Crippen molar-refractivity contribution >= 4 is 17.9 Å². The summed E-state index contributed by atoms with van der Waals surface area (Å²) in [4.78, 5) is 38.2. The highest BCUT2D eigenvalue weighted by Crippen LogP contribution is 2.15. The van der Waals surface area contributed by atoms with Gasteiger partial charge in [-0.05, 0) is 96.3 Å². The molecule has 0 aliphatic heterocycles. The number of rotatable bonds is 52. The Labute approximate surface area is 438 Å². The quantitative estimate of drug-likeness (QED) is 0.0261. The van der Waals surface area contributed by atoms with Gasteiger partial charge in [0.05, 0.1) is 0 Å². The molecule has 0 saturated carbocycles. The van der Waals surface area contributed by atoms with Crippen molar-refractivity contribution in [2.75, 3.05) is 13.2 Å². The van der Waals surface area contributed by atoms with E-state index in [1.54, 1.807) is 0 Å². The summed E-state index contributed by atoms with van der Waals surface area (Å²) in [7, 11) is 0. The molecule has 1 atom stereocenters. The van der Waals surface area contributed by atoms with E-state index in [1.807, 2.05) is 0 Å². The maximum atomic E-state index is 12.8. The zero-order valence-electron chi connectivity index (χ0n) is 46.2. The largest absolute Gasteiger partial charge is 0.462 e. The number of carbonyl (C=O) groups is 3. The molecule has 0 radical (unpaired) electrons. The minimum Gasteiger partial charge on any atom is -0.462 e. The summed E-state index contributed by atoms with van der Waals surface area (Å²) >= 11 is 0. The molecule has 0 aliphatic carbocycles. The monoisotopic (exact) mass is 985 g/mol. The molecule has 0 heterocycles. The summed E-state index contributed by atoms with van der Waals surface area (Å²) in [6.07, 6.45) is 79.4. The van der Waals surface area contributed by atoms with Crippen molar-refractivity contribution in [3.63, 3.8) is 0 Å². The highest BCUT2D eigenvalue weighted by molar-refractivity contribution is 5.71. The van der Waals surface area contributed by atoms with Crippen molar-refractivity contribution in [1.29, 1.82) is 0 Å². The van der Waals surface area contributed by atoms with Gasteiger partial charge < -0.3 is 14.2 Å². The lowest BCUT2D eigenvalue weighted by molar-refractivity contribution is -0.167. The Morgan fingerprint density at radius 2 is 0.563 bits per heavy atom. The van der Waals surface area contributed by atoms with E-state index in [1.165, 1.54) is 109 Å². The van der Waals surface area contributed by atoms with Gasteiger partial charge in [0.1, 0.15) is 13.2 Å². The molecule has 0 aliphatic rings. The van der Waals surface area contributed by atoms with Gasteiger partial charge in [0.15, 0.2) is 6.10 Å².